The van der Waals surface area contributed by atoms with Crippen LogP contribution in [-0.4, -0.2) is 13.1 Å². The summed E-state index contributed by atoms with van der Waals surface area (Å²) in [6.07, 6.45) is 0. The standard InChI is InChI=1S/C20H29NSi/c1-14-18(13-19(15(2)21-14)20(3,4)5)16-9-11-17(12-10-16)22(6,7)8/h9-13H,1-8H3/i1D3. The van der Waals surface area contributed by atoms with Gasteiger partial charge in [-0.1, -0.05) is 69.9 Å². The van der Waals surface area contributed by atoms with E-state index in [-0.39, 0.29) is 11.1 Å². The van der Waals surface area contributed by atoms with Gasteiger partial charge in [0.15, 0.2) is 0 Å². The SMILES string of the molecule is [2H]C([2H])([2H])c1nc(C)c(C(C)(C)C)cc1-c1ccc([Si](C)(C)C)cc1. The van der Waals surface area contributed by atoms with Crippen LogP contribution in [0.5, 0.6) is 0 Å². The van der Waals surface area contributed by atoms with Gasteiger partial charge in [-0.15, -0.1) is 0 Å². The highest BCUT2D eigenvalue weighted by Crippen LogP contribution is 2.31. The first kappa shape index (κ1) is 13.1. The van der Waals surface area contributed by atoms with E-state index in [4.69, 9.17) is 4.11 Å². The summed E-state index contributed by atoms with van der Waals surface area (Å²) < 4.78 is 23.7. The van der Waals surface area contributed by atoms with Gasteiger partial charge in [-0.2, -0.15) is 0 Å². The lowest BCUT2D eigenvalue weighted by Crippen LogP contribution is -2.37. The van der Waals surface area contributed by atoms with Crippen molar-refractivity contribution in [3.05, 3.63) is 47.3 Å². The normalized spacial score (nSPS) is 15.1. The van der Waals surface area contributed by atoms with Gasteiger partial charge in [0.2, 0.25) is 0 Å². The monoisotopic (exact) mass is 314 g/mol. The maximum Gasteiger partial charge on any atom is 0.0775 e. The lowest BCUT2D eigenvalue weighted by Gasteiger charge is -2.23. The van der Waals surface area contributed by atoms with E-state index in [9.17, 15) is 0 Å². The highest BCUT2D eigenvalue weighted by Gasteiger charge is 2.20. The Morgan fingerprint density at radius 2 is 1.59 bits per heavy atom. The Morgan fingerprint density at radius 1 is 1.00 bits per heavy atom. The van der Waals surface area contributed by atoms with Gasteiger partial charge in [-0.05, 0) is 36.4 Å². The number of rotatable bonds is 2. The van der Waals surface area contributed by atoms with Crippen molar-refractivity contribution in [3.63, 3.8) is 0 Å². The summed E-state index contributed by atoms with van der Waals surface area (Å²) >= 11 is 0. The summed E-state index contributed by atoms with van der Waals surface area (Å²) in [4.78, 5) is 4.50. The molecule has 0 atom stereocenters. The molecule has 0 unspecified atom stereocenters. The second-order valence-electron chi connectivity index (χ2n) is 8.09. The third-order valence-corrected chi connectivity index (χ3v) is 6.15. The van der Waals surface area contributed by atoms with Crippen LogP contribution in [0.3, 0.4) is 0 Å². The van der Waals surface area contributed by atoms with Gasteiger partial charge in [0.25, 0.3) is 0 Å². The molecule has 0 radical (unpaired) electrons. The number of aryl methyl sites for hydroxylation is 2. The molecule has 0 bridgehead atoms. The van der Waals surface area contributed by atoms with E-state index in [1.165, 1.54) is 5.19 Å². The minimum absolute atomic E-state index is 0.0859. The first-order valence-corrected chi connectivity index (χ1v) is 11.3. The lowest BCUT2D eigenvalue weighted by molar-refractivity contribution is 0.582. The van der Waals surface area contributed by atoms with E-state index >= 15 is 0 Å². The molecule has 0 saturated carbocycles. The number of hydrogen-bond acceptors (Lipinski definition) is 1. The summed E-state index contributed by atoms with van der Waals surface area (Å²) in [6.45, 7) is 13.0. The summed E-state index contributed by atoms with van der Waals surface area (Å²) in [5, 5.41) is 1.36. The van der Waals surface area contributed by atoms with Crippen molar-refractivity contribution in [2.24, 2.45) is 0 Å². The molecule has 1 aromatic heterocycles. The number of hydrogen-bond donors (Lipinski definition) is 0. The van der Waals surface area contributed by atoms with Crippen molar-refractivity contribution in [2.75, 3.05) is 0 Å². The molecule has 1 aromatic carbocycles. The van der Waals surface area contributed by atoms with E-state index < -0.39 is 14.9 Å². The minimum Gasteiger partial charge on any atom is -0.258 e. The van der Waals surface area contributed by atoms with Gasteiger partial charge in [0.1, 0.15) is 0 Å². The molecule has 2 heteroatoms. The fourth-order valence-electron chi connectivity index (χ4n) is 2.73. The number of pyridine rings is 1. The molecule has 0 aliphatic rings. The first-order chi connectivity index (χ1) is 11.2. The first-order valence-electron chi connectivity index (χ1n) is 9.35. The zero-order chi connectivity index (χ0) is 19.2. The van der Waals surface area contributed by atoms with Gasteiger partial charge < -0.3 is 0 Å². The molecule has 0 saturated heterocycles. The zero-order valence-electron chi connectivity index (χ0n) is 17.8. The van der Waals surface area contributed by atoms with Gasteiger partial charge >= 0.3 is 0 Å². The van der Waals surface area contributed by atoms with Crippen LogP contribution >= 0.6 is 0 Å². The van der Waals surface area contributed by atoms with E-state index in [1.807, 2.05) is 25.1 Å². The zero-order valence-corrected chi connectivity index (χ0v) is 15.8. The second-order valence-corrected chi connectivity index (χ2v) is 13.2. The van der Waals surface area contributed by atoms with E-state index in [2.05, 4.69) is 57.5 Å². The Labute approximate surface area is 141 Å². The molecule has 0 spiro atoms. The number of aromatic nitrogens is 1. The summed E-state index contributed by atoms with van der Waals surface area (Å²) in [5.41, 5.74) is 3.63. The maximum atomic E-state index is 7.91. The average Bonchev–Trinajstić information content (AvgIpc) is 2.44. The Bertz CT molecular complexity index is 764. The van der Waals surface area contributed by atoms with Crippen LogP contribution in [0.25, 0.3) is 11.1 Å². The van der Waals surface area contributed by atoms with Crippen LogP contribution in [0.1, 0.15) is 41.8 Å². The third kappa shape index (κ3) is 3.49. The van der Waals surface area contributed by atoms with E-state index in [1.54, 1.807) is 0 Å². The van der Waals surface area contributed by atoms with Crippen molar-refractivity contribution in [1.82, 2.24) is 4.98 Å². The van der Waals surface area contributed by atoms with Crippen molar-refractivity contribution < 1.29 is 4.11 Å². The maximum absolute atomic E-state index is 7.91. The van der Waals surface area contributed by atoms with Crippen LogP contribution in [0.4, 0.5) is 0 Å². The molecule has 0 amide bonds. The van der Waals surface area contributed by atoms with Crippen molar-refractivity contribution >= 4 is 13.3 Å². The molecule has 1 nitrogen and oxygen atoms in total. The van der Waals surface area contributed by atoms with E-state index in [0.717, 1.165) is 22.4 Å². The van der Waals surface area contributed by atoms with Gasteiger partial charge in [-0.25, -0.2) is 0 Å². The lowest BCUT2D eigenvalue weighted by atomic mass is 9.84. The van der Waals surface area contributed by atoms with Crippen LogP contribution in [0.15, 0.2) is 30.3 Å². The molecule has 2 aromatic rings. The van der Waals surface area contributed by atoms with Crippen molar-refractivity contribution in [3.8, 4) is 11.1 Å². The molecule has 2 rings (SSSR count). The number of nitrogens with zero attached hydrogens (tertiary/aromatic N) is 1. The van der Waals surface area contributed by atoms with Gasteiger partial charge in [-0.3, -0.25) is 4.98 Å². The smallest absolute Gasteiger partial charge is 0.0775 e. The van der Waals surface area contributed by atoms with Crippen molar-refractivity contribution in [1.29, 1.82) is 0 Å². The summed E-state index contributed by atoms with van der Waals surface area (Å²) in [7, 11) is -1.38. The Hall–Kier alpha value is -1.41. The predicted octanol–water partition coefficient (Wildman–Crippen LogP) is 5.21. The Morgan fingerprint density at radius 3 is 2.05 bits per heavy atom. The number of benzene rings is 1. The topological polar surface area (TPSA) is 12.9 Å². The quantitative estimate of drug-likeness (QED) is 0.694. The van der Waals surface area contributed by atoms with Crippen LogP contribution < -0.4 is 5.19 Å². The third-order valence-electron chi connectivity index (χ3n) is 4.08. The van der Waals surface area contributed by atoms with Crippen LogP contribution in [0, 0.1) is 13.8 Å². The Balaban J connectivity index is 2.70. The second kappa shape index (κ2) is 5.66. The van der Waals surface area contributed by atoms with Crippen LogP contribution in [-0.2, 0) is 5.41 Å². The van der Waals surface area contributed by atoms with Gasteiger partial charge in [0.05, 0.1) is 8.07 Å². The average molecular weight is 315 g/mol. The molecule has 0 fully saturated rings. The molecule has 22 heavy (non-hydrogen) atoms. The van der Waals surface area contributed by atoms with Gasteiger partial charge in [0, 0.05) is 21.1 Å². The molecule has 1 heterocycles. The highest BCUT2D eigenvalue weighted by molar-refractivity contribution is 6.88. The molecule has 0 aliphatic heterocycles. The largest absolute Gasteiger partial charge is 0.258 e. The molecular formula is C20H29NSi. The molecular weight excluding hydrogens is 282 g/mol. The Kier molecular flexibility index (Phi) is 3.36. The molecule has 0 aliphatic carbocycles. The minimum atomic E-state index is -2.23. The highest BCUT2D eigenvalue weighted by atomic mass is 28.3. The molecule has 0 N–H and O–H groups in total. The van der Waals surface area contributed by atoms with Crippen LogP contribution in [0.2, 0.25) is 19.6 Å². The van der Waals surface area contributed by atoms with E-state index in [0.29, 0.717) is 0 Å². The fraction of sp³-hybridized carbons (Fsp3) is 0.450. The summed E-state index contributed by atoms with van der Waals surface area (Å²) in [5.74, 6) is 0. The predicted molar refractivity (Wildman–Crippen MR) is 101 cm³/mol. The molecule has 118 valence electrons. The fourth-order valence-corrected chi connectivity index (χ4v) is 3.90. The van der Waals surface area contributed by atoms with Crippen molar-refractivity contribution in [2.45, 2.75) is 59.6 Å². The summed E-state index contributed by atoms with van der Waals surface area (Å²) in [6, 6.07) is 10.4.